The molecule has 3 rings (SSSR count). The lowest BCUT2D eigenvalue weighted by molar-refractivity contribution is 0.0985. The predicted octanol–water partition coefficient (Wildman–Crippen LogP) is 2.96. The lowest BCUT2D eigenvalue weighted by Gasteiger charge is -2.34. The summed E-state index contributed by atoms with van der Waals surface area (Å²) in [6, 6.07) is 8.26. The number of anilines is 1. The van der Waals surface area contributed by atoms with Crippen molar-refractivity contribution < 1.29 is 4.74 Å². The van der Waals surface area contributed by atoms with Crippen molar-refractivity contribution in [2.45, 2.75) is 13.0 Å². The highest BCUT2D eigenvalue weighted by atomic mass is 35.5. The average molecular weight is 278 g/mol. The Morgan fingerprint density at radius 2 is 2.37 bits per heavy atom. The normalized spacial score (nSPS) is 19.7. The van der Waals surface area contributed by atoms with Gasteiger partial charge in [-0.25, -0.2) is 4.98 Å². The lowest BCUT2D eigenvalue weighted by atomic mass is 10.1. The number of morpholine rings is 1. The largest absolute Gasteiger partial charge is 0.377 e. The van der Waals surface area contributed by atoms with E-state index in [1.807, 2.05) is 24.4 Å². The van der Waals surface area contributed by atoms with E-state index in [1.54, 1.807) is 0 Å². The fourth-order valence-electron chi connectivity index (χ4n) is 2.36. The number of aromatic nitrogens is 2. The van der Waals surface area contributed by atoms with Crippen LogP contribution in [-0.4, -0.2) is 35.8 Å². The van der Waals surface area contributed by atoms with Crippen molar-refractivity contribution in [3.8, 4) is 11.3 Å². The summed E-state index contributed by atoms with van der Waals surface area (Å²) in [5.41, 5.74) is 2.10. The minimum Gasteiger partial charge on any atom is -0.377 e. The summed E-state index contributed by atoms with van der Waals surface area (Å²) in [4.78, 5) is 9.87. The van der Waals surface area contributed by atoms with E-state index in [9.17, 15) is 0 Å². The Hall–Kier alpha value is -1.52. The molecule has 1 fully saturated rings. The van der Waals surface area contributed by atoms with Gasteiger partial charge in [0.2, 0.25) is 0 Å². The number of nitrogens with zero attached hydrogens (tertiary/aromatic N) is 2. The van der Waals surface area contributed by atoms with E-state index in [0.717, 1.165) is 36.8 Å². The van der Waals surface area contributed by atoms with Crippen LogP contribution in [0.1, 0.15) is 6.92 Å². The fraction of sp³-hybridized carbons (Fsp3) is 0.357. The number of hydrogen-bond donors (Lipinski definition) is 1. The molecule has 3 heterocycles. The third kappa shape index (κ3) is 2.60. The van der Waals surface area contributed by atoms with Crippen LogP contribution in [-0.2, 0) is 4.74 Å². The van der Waals surface area contributed by atoms with Crippen molar-refractivity contribution >= 4 is 17.4 Å². The molecule has 0 amide bonds. The molecular formula is C14H16ClN3O. The second-order valence-electron chi connectivity index (χ2n) is 4.74. The summed E-state index contributed by atoms with van der Waals surface area (Å²) in [5, 5.41) is 0.515. The zero-order valence-corrected chi connectivity index (χ0v) is 11.5. The summed E-state index contributed by atoms with van der Waals surface area (Å²) in [6.07, 6.45) is 1.90. The number of aromatic amines is 1. The number of rotatable bonds is 2. The SMILES string of the molecule is C[C@@H]1COCCN1c1cc(-c2ccc[nH]2)cc(Cl)n1. The van der Waals surface area contributed by atoms with Gasteiger partial charge in [0, 0.05) is 24.0 Å². The molecule has 100 valence electrons. The summed E-state index contributed by atoms with van der Waals surface area (Å²) >= 11 is 6.15. The molecule has 1 aliphatic rings. The molecule has 0 aromatic carbocycles. The Kier molecular flexibility index (Phi) is 3.44. The van der Waals surface area contributed by atoms with Crippen molar-refractivity contribution in [3.05, 3.63) is 35.6 Å². The fourth-order valence-corrected chi connectivity index (χ4v) is 2.57. The molecule has 19 heavy (non-hydrogen) atoms. The van der Waals surface area contributed by atoms with E-state index in [4.69, 9.17) is 16.3 Å². The maximum atomic E-state index is 6.15. The average Bonchev–Trinajstić information content (AvgIpc) is 2.92. The minimum atomic E-state index is 0.316. The van der Waals surface area contributed by atoms with E-state index < -0.39 is 0 Å². The molecule has 1 saturated heterocycles. The van der Waals surface area contributed by atoms with E-state index >= 15 is 0 Å². The van der Waals surface area contributed by atoms with Crippen molar-refractivity contribution in [1.82, 2.24) is 9.97 Å². The number of nitrogens with one attached hydrogen (secondary N) is 1. The van der Waals surface area contributed by atoms with Gasteiger partial charge in [-0.15, -0.1) is 0 Å². The third-order valence-corrected chi connectivity index (χ3v) is 3.55. The highest BCUT2D eigenvalue weighted by molar-refractivity contribution is 6.29. The molecule has 0 saturated carbocycles. The van der Waals surface area contributed by atoms with Gasteiger partial charge in [-0.2, -0.15) is 0 Å². The van der Waals surface area contributed by atoms with Gasteiger partial charge in [-0.1, -0.05) is 11.6 Å². The molecule has 0 spiro atoms. The van der Waals surface area contributed by atoms with Crippen LogP contribution in [0.25, 0.3) is 11.3 Å². The van der Waals surface area contributed by atoms with Gasteiger partial charge in [0.1, 0.15) is 11.0 Å². The van der Waals surface area contributed by atoms with Crippen LogP contribution < -0.4 is 4.90 Å². The van der Waals surface area contributed by atoms with Crippen molar-refractivity contribution in [2.75, 3.05) is 24.7 Å². The summed E-state index contributed by atoms with van der Waals surface area (Å²) in [5.74, 6) is 0.910. The first kappa shape index (κ1) is 12.5. The Balaban J connectivity index is 1.97. The zero-order valence-electron chi connectivity index (χ0n) is 10.8. The minimum absolute atomic E-state index is 0.316. The molecule has 1 aliphatic heterocycles. The zero-order chi connectivity index (χ0) is 13.2. The van der Waals surface area contributed by atoms with E-state index in [-0.39, 0.29) is 0 Å². The van der Waals surface area contributed by atoms with Gasteiger partial charge in [0.05, 0.1) is 19.3 Å². The van der Waals surface area contributed by atoms with Gasteiger partial charge in [0.25, 0.3) is 0 Å². The molecule has 1 N–H and O–H groups in total. The number of hydrogen-bond acceptors (Lipinski definition) is 3. The van der Waals surface area contributed by atoms with Gasteiger partial charge in [0.15, 0.2) is 0 Å². The maximum Gasteiger partial charge on any atom is 0.132 e. The van der Waals surface area contributed by atoms with E-state index in [0.29, 0.717) is 11.2 Å². The van der Waals surface area contributed by atoms with Crippen molar-refractivity contribution in [1.29, 1.82) is 0 Å². The first-order chi connectivity index (χ1) is 9.24. The first-order valence-electron chi connectivity index (χ1n) is 6.40. The number of ether oxygens (including phenoxy) is 1. The van der Waals surface area contributed by atoms with Crippen LogP contribution in [0, 0.1) is 0 Å². The van der Waals surface area contributed by atoms with Crippen LogP contribution in [0.3, 0.4) is 0 Å². The molecule has 0 bridgehead atoms. The molecule has 0 aliphatic carbocycles. The maximum absolute atomic E-state index is 6.15. The van der Waals surface area contributed by atoms with E-state index in [1.165, 1.54) is 0 Å². The first-order valence-corrected chi connectivity index (χ1v) is 6.77. The number of pyridine rings is 1. The molecule has 0 radical (unpaired) electrons. The quantitative estimate of drug-likeness (QED) is 0.858. The van der Waals surface area contributed by atoms with Crippen LogP contribution in [0.5, 0.6) is 0 Å². The second-order valence-corrected chi connectivity index (χ2v) is 5.13. The van der Waals surface area contributed by atoms with Crippen molar-refractivity contribution in [3.63, 3.8) is 0 Å². The Morgan fingerprint density at radius 1 is 1.47 bits per heavy atom. The number of halogens is 1. The van der Waals surface area contributed by atoms with Gasteiger partial charge < -0.3 is 14.6 Å². The Bertz CT molecular complexity index is 556. The molecule has 2 aromatic rings. The number of H-pyrrole nitrogens is 1. The summed E-state index contributed by atoms with van der Waals surface area (Å²) < 4.78 is 5.46. The topological polar surface area (TPSA) is 41.1 Å². The monoisotopic (exact) mass is 277 g/mol. The highest BCUT2D eigenvalue weighted by Crippen LogP contribution is 2.27. The van der Waals surface area contributed by atoms with Crippen molar-refractivity contribution in [2.24, 2.45) is 0 Å². The lowest BCUT2D eigenvalue weighted by Crippen LogP contribution is -2.44. The van der Waals surface area contributed by atoms with Crippen LogP contribution in [0.2, 0.25) is 5.15 Å². The second kappa shape index (κ2) is 5.23. The standard InChI is InChI=1S/C14H16ClN3O/c1-10-9-19-6-5-18(10)14-8-11(7-13(15)17-14)12-3-2-4-16-12/h2-4,7-8,10,16H,5-6,9H2,1H3/t10-/m1/s1. The molecule has 2 aromatic heterocycles. The Morgan fingerprint density at radius 3 is 3.11 bits per heavy atom. The summed E-state index contributed by atoms with van der Waals surface area (Å²) in [6.45, 7) is 4.44. The predicted molar refractivity (Wildman–Crippen MR) is 76.7 cm³/mol. The van der Waals surface area contributed by atoms with E-state index in [2.05, 4.69) is 27.9 Å². The molecule has 4 nitrogen and oxygen atoms in total. The van der Waals surface area contributed by atoms with Crippen LogP contribution in [0.15, 0.2) is 30.5 Å². The van der Waals surface area contributed by atoms with Gasteiger partial charge in [-0.05, 0) is 31.2 Å². The molecule has 0 unspecified atom stereocenters. The highest BCUT2D eigenvalue weighted by Gasteiger charge is 2.21. The van der Waals surface area contributed by atoms with Crippen LogP contribution in [0.4, 0.5) is 5.82 Å². The van der Waals surface area contributed by atoms with Gasteiger partial charge in [-0.3, -0.25) is 0 Å². The third-order valence-electron chi connectivity index (χ3n) is 3.35. The Labute approximate surface area is 117 Å². The van der Waals surface area contributed by atoms with Crippen LogP contribution >= 0.6 is 11.6 Å². The molecule has 1 atom stereocenters. The van der Waals surface area contributed by atoms with Gasteiger partial charge >= 0.3 is 0 Å². The smallest absolute Gasteiger partial charge is 0.132 e. The molecular weight excluding hydrogens is 262 g/mol. The molecule has 5 heteroatoms. The summed E-state index contributed by atoms with van der Waals surface area (Å²) in [7, 11) is 0.